The van der Waals surface area contributed by atoms with E-state index in [-0.39, 0.29) is 55.8 Å². The van der Waals surface area contributed by atoms with Crippen LogP contribution in [-0.4, -0.2) is 83.4 Å². The Hall–Kier alpha value is -4.84. The molecule has 3 N–H and O–H groups in total. The topological polar surface area (TPSA) is 143 Å². The number of ether oxygens (including phenoxy) is 3. The van der Waals surface area contributed by atoms with Gasteiger partial charge in [-0.3, -0.25) is 14.6 Å². The average Bonchev–Trinajstić information content (AvgIpc) is 3.47. The molecule has 5 rings (SSSR count). The van der Waals surface area contributed by atoms with Gasteiger partial charge in [0.15, 0.2) is 11.5 Å². The maximum atomic E-state index is 13.7. The third kappa shape index (κ3) is 6.23. The minimum atomic E-state index is -0.491. The van der Waals surface area contributed by atoms with Gasteiger partial charge in [-0.2, -0.15) is 0 Å². The number of aliphatic hydroxyl groups is 1. The van der Waals surface area contributed by atoms with Crippen LogP contribution in [0, 0.1) is 5.92 Å². The first kappa shape index (κ1) is 28.7. The largest absolute Gasteiger partial charge is 0.487 e. The summed E-state index contributed by atoms with van der Waals surface area (Å²) in [4.78, 5) is 46.5. The molecule has 0 saturated heterocycles. The number of pyridine rings is 1. The molecule has 0 bridgehead atoms. The first-order valence-corrected chi connectivity index (χ1v) is 13.6. The molecule has 2 aliphatic heterocycles. The number of nitrogens with one attached hydrogen (secondary N) is 2. The van der Waals surface area contributed by atoms with Crippen LogP contribution >= 0.6 is 0 Å². The lowest BCUT2D eigenvalue weighted by Gasteiger charge is -2.38. The summed E-state index contributed by atoms with van der Waals surface area (Å²) in [6.07, 6.45) is 2.55. The number of urea groups is 1. The number of benzene rings is 2. The first-order valence-electron chi connectivity index (χ1n) is 13.6. The molecule has 0 unspecified atom stereocenters. The van der Waals surface area contributed by atoms with Crippen LogP contribution in [0.5, 0.6) is 17.2 Å². The minimum absolute atomic E-state index is 0.137. The van der Waals surface area contributed by atoms with Crippen molar-refractivity contribution < 1.29 is 33.7 Å². The molecule has 12 nitrogen and oxygen atoms in total. The molecule has 220 valence electrons. The van der Waals surface area contributed by atoms with Crippen LogP contribution in [0.3, 0.4) is 0 Å². The highest BCUT2D eigenvalue weighted by Crippen LogP contribution is 2.34. The molecular weight excluding hydrogens is 542 g/mol. The van der Waals surface area contributed by atoms with E-state index in [1.807, 2.05) is 6.92 Å². The van der Waals surface area contributed by atoms with Gasteiger partial charge in [-0.05, 0) is 49.4 Å². The number of carbonyl (C=O) groups is 3. The first-order chi connectivity index (χ1) is 20.2. The highest BCUT2D eigenvalue weighted by molar-refractivity contribution is 6.05. The van der Waals surface area contributed by atoms with Crippen molar-refractivity contribution in [3.05, 3.63) is 72.1 Å². The molecule has 0 saturated carbocycles. The van der Waals surface area contributed by atoms with Gasteiger partial charge in [0.1, 0.15) is 11.9 Å². The molecule has 0 spiro atoms. The van der Waals surface area contributed by atoms with Crippen molar-refractivity contribution in [2.24, 2.45) is 5.92 Å². The van der Waals surface area contributed by atoms with Crippen LogP contribution in [0.1, 0.15) is 34.6 Å². The Kier molecular flexibility index (Phi) is 8.43. The SMILES string of the molecule is C[C@H]1CN([C@@H](C)CO)C(=O)c2cc(NC(=O)c3ccncc3)ccc2O[C@H]1CN(C)C(=O)Nc1ccc2c(c1)OCO2. The molecule has 0 radical (unpaired) electrons. The highest BCUT2D eigenvalue weighted by atomic mass is 16.7. The van der Waals surface area contributed by atoms with E-state index in [0.29, 0.717) is 34.2 Å². The number of nitrogens with zero attached hydrogens (tertiary/aromatic N) is 3. The molecule has 3 atom stereocenters. The molecule has 3 aromatic rings. The second kappa shape index (κ2) is 12.4. The van der Waals surface area contributed by atoms with Gasteiger partial charge in [0, 0.05) is 54.9 Å². The summed E-state index contributed by atoms with van der Waals surface area (Å²) in [5.41, 5.74) is 1.63. The van der Waals surface area contributed by atoms with Gasteiger partial charge in [0.25, 0.3) is 11.8 Å². The summed E-state index contributed by atoms with van der Waals surface area (Å²) < 4.78 is 17.1. The van der Waals surface area contributed by atoms with Crippen molar-refractivity contribution in [1.29, 1.82) is 0 Å². The van der Waals surface area contributed by atoms with E-state index in [4.69, 9.17) is 14.2 Å². The second-order valence-corrected chi connectivity index (χ2v) is 10.4. The van der Waals surface area contributed by atoms with Gasteiger partial charge in [0.2, 0.25) is 6.79 Å². The Labute approximate surface area is 243 Å². The van der Waals surface area contributed by atoms with Gasteiger partial charge in [-0.15, -0.1) is 0 Å². The number of carbonyl (C=O) groups excluding carboxylic acids is 3. The number of likely N-dealkylation sites (N-methyl/N-ethyl adjacent to an activating group) is 1. The van der Waals surface area contributed by atoms with E-state index in [0.717, 1.165) is 0 Å². The summed E-state index contributed by atoms with van der Waals surface area (Å²) in [5.74, 6) is 0.627. The van der Waals surface area contributed by atoms with Crippen molar-refractivity contribution in [1.82, 2.24) is 14.8 Å². The number of fused-ring (bicyclic) bond motifs is 2. The van der Waals surface area contributed by atoms with Crippen molar-refractivity contribution in [3.63, 3.8) is 0 Å². The van der Waals surface area contributed by atoms with E-state index in [2.05, 4.69) is 15.6 Å². The predicted molar refractivity (Wildman–Crippen MR) is 154 cm³/mol. The molecule has 2 aromatic carbocycles. The average molecular weight is 576 g/mol. The Balaban J connectivity index is 1.36. The summed E-state index contributed by atoms with van der Waals surface area (Å²) in [6.45, 7) is 4.12. The molecule has 42 heavy (non-hydrogen) atoms. The molecule has 12 heteroatoms. The van der Waals surface area contributed by atoms with Gasteiger partial charge in [-0.25, -0.2) is 4.79 Å². The van der Waals surface area contributed by atoms with E-state index >= 15 is 0 Å². The van der Waals surface area contributed by atoms with E-state index in [1.54, 1.807) is 67.4 Å². The number of hydrogen-bond donors (Lipinski definition) is 3. The normalized spacial score (nSPS) is 18.2. The maximum absolute atomic E-state index is 13.7. The smallest absolute Gasteiger partial charge is 0.321 e. The third-order valence-electron chi connectivity index (χ3n) is 7.29. The number of rotatable bonds is 7. The van der Waals surface area contributed by atoms with E-state index in [9.17, 15) is 19.5 Å². The molecule has 2 aliphatic rings. The zero-order chi connectivity index (χ0) is 29.8. The number of amides is 4. The second-order valence-electron chi connectivity index (χ2n) is 10.4. The van der Waals surface area contributed by atoms with Crippen LogP contribution in [0.15, 0.2) is 60.9 Å². The summed E-state index contributed by atoms with van der Waals surface area (Å²) >= 11 is 0. The number of aliphatic hydroxyl groups excluding tert-OH is 1. The Morgan fingerprint density at radius 1 is 1.05 bits per heavy atom. The van der Waals surface area contributed by atoms with Crippen LogP contribution in [-0.2, 0) is 0 Å². The zero-order valence-electron chi connectivity index (χ0n) is 23.6. The van der Waals surface area contributed by atoms with Crippen LogP contribution in [0.2, 0.25) is 0 Å². The van der Waals surface area contributed by atoms with Crippen molar-refractivity contribution in [2.75, 3.05) is 44.2 Å². The third-order valence-corrected chi connectivity index (χ3v) is 7.29. The number of aromatic nitrogens is 1. The molecule has 3 heterocycles. The van der Waals surface area contributed by atoms with Crippen molar-refractivity contribution in [3.8, 4) is 17.2 Å². The Bertz CT molecular complexity index is 1470. The lowest BCUT2D eigenvalue weighted by molar-refractivity contribution is 0.0371. The van der Waals surface area contributed by atoms with Gasteiger partial charge in [0.05, 0.1) is 24.8 Å². The summed E-state index contributed by atoms with van der Waals surface area (Å²) in [7, 11) is 1.66. The van der Waals surface area contributed by atoms with Crippen LogP contribution in [0.4, 0.5) is 16.2 Å². The maximum Gasteiger partial charge on any atom is 0.321 e. The van der Waals surface area contributed by atoms with E-state index in [1.165, 1.54) is 17.3 Å². The number of hydrogen-bond acceptors (Lipinski definition) is 8. The predicted octanol–water partition coefficient (Wildman–Crippen LogP) is 3.45. The fourth-order valence-electron chi connectivity index (χ4n) is 4.77. The lowest BCUT2D eigenvalue weighted by atomic mass is 9.99. The van der Waals surface area contributed by atoms with Crippen molar-refractivity contribution in [2.45, 2.75) is 26.0 Å². The molecule has 0 fully saturated rings. The monoisotopic (exact) mass is 575 g/mol. The number of anilines is 2. The fraction of sp³-hybridized carbons (Fsp3) is 0.333. The Morgan fingerprint density at radius 2 is 1.74 bits per heavy atom. The molecule has 1 aromatic heterocycles. The zero-order valence-corrected chi connectivity index (χ0v) is 23.6. The minimum Gasteiger partial charge on any atom is -0.487 e. The summed E-state index contributed by atoms with van der Waals surface area (Å²) in [6, 6.07) is 12.4. The highest BCUT2D eigenvalue weighted by Gasteiger charge is 2.34. The van der Waals surface area contributed by atoms with Crippen molar-refractivity contribution >= 4 is 29.2 Å². The van der Waals surface area contributed by atoms with Crippen LogP contribution in [0.25, 0.3) is 0 Å². The quantitative estimate of drug-likeness (QED) is 0.389. The molecular formula is C30H33N5O7. The fourth-order valence-corrected chi connectivity index (χ4v) is 4.77. The van der Waals surface area contributed by atoms with E-state index < -0.39 is 12.1 Å². The lowest BCUT2D eigenvalue weighted by Crippen LogP contribution is -2.50. The molecule has 0 aliphatic carbocycles. The molecule has 4 amide bonds. The summed E-state index contributed by atoms with van der Waals surface area (Å²) in [5, 5.41) is 15.6. The van der Waals surface area contributed by atoms with Gasteiger partial charge >= 0.3 is 6.03 Å². The standard InChI is InChI=1S/C30H33N5O7/c1-18-14-35(19(2)16-36)29(38)23-12-21(32-28(37)20-8-10-31-11-9-20)4-6-24(23)42-27(18)15-34(3)30(39)33-22-5-7-25-26(13-22)41-17-40-25/h4-13,18-19,27,36H,14-17H2,1-3H3,(H,32,37)(H,33,39)/t18-,19-,27-/m0/s1. The Morgan fingerprint density at radius 3 is 2.48 bits per heavy atom. The van der Waals surface area contributed by atoms with Gasteiger partial charge in [-0.1, -0.05) is 6.92 Å². The van der Waals surface area contributed by atoms with Crippen LogP contribution < -0.4 is 24.8 Å². The van der Waals surface area contributed by atoms with Gasteiger partial charge < -0.3 is 39.8 Å².